The molecule has 0 bridgehead atoms. The maximum absolute atomic E-state index is 4.37. The van der Waals surface area contributed by atoms with E-state index in [-0.39, 0.29) is 0 Å². The SMILES string of the molecule is CN=C(NCc1ccnc(N(C)C)c1)N(C)Cc1ccc(Br)cc1. The number of nitrogens with zero attached hydrogens (tertiary/aromatic N) is 4. The van der Waals surface area contributed by atoms with Gasteiger partial charge in [-0.1, -0.05) is 28.1 Å². The van der Waals surface area contributed by atoms with Crippen LogP contribution in [0.3, 0.4) is 0 Å². The molecule has 0 amide bonds. The average Bonchev–Trinajstić information content (AvgIpc) is 2.57. The van der Waals surface area contributed by atoms with Crippen molar-refractivity contribution in [1.82, 2.24) is 15.2 Å². The Bertz CT molecular complexity index is 682. The van der Waals surface area contributed by atoms with Gasteiger partial charge in [-0.15, -0.1) is 0 Å². The molecule has 6 heteroatoms. The van der Waals surface area contributed by atoms with Gasteiger partial charge in [0.2, 0.25) is 0 Å². The van der Waals surface area contributed by atoms with Gasteiger partial charge in [0.1, 0.15) is 5.82 Å². The fourth-order valence-corrected chi connectivity index (χ4v) is 2.58. The van der Waals surface area contributed by atoms with E-state index < -0.39 is 0 Å². The van der Waals surface area contributed by atoms with E-state index in [9.17, 15) is 0 Å². The van der Waals surface area contributed by atoms with Crippen molar-refractivity contribution in [1.29, 1.82) is 0 Å². The topological polar surface area (TPSA) is 43.8 Å². The first kappa shape index (κ1) is 18.3. The quantitative estimate of drug-likeness (QED) is 0.630. The summed E-state index contributed by atoms with van der Waals surface area (Å²) in [6.45, 7) is 1.51. The van der Waals surface area contributed by atoms with Crippen LogP contribution in [0.2, 0.25) is 0 Å². The molecule has 1 aromatic carbocycles. The highest BCUT2D eigenvalue weighted by atomic mass is 79.9. The number of hydrogen-bond donors (Lipinski definition) is 1. The monoisotopic (exact) mass is 389 g/mol. The Kier molecular flexibility index (Phi) is 6.61. The zero-order valence-electron chi connectivity index (χ0n) is 14.6. The molecule has 1 aromatic heterocycles. The van der Waals surface area contributed by atoms with Crippen molar-refractivity contribution in [3.05, 3.63) is 58.2 Å². The molecule has 2 rings (SSSR count). The van der Waals surface area contributed by atoms with Crippen molar-refractivity contribution in [3.63, 3.8) is 0 Å². The maximum Gasteiger partial charge on any atom is 0.193 e. The number of benzene rings is 1. The highest BCUT2D eigenvalue weighted by molar-refractivity contribution is 9.10. The van der Waals surface area contributed by atoms with Gasteiger partial charge in [-0.05, 0) is 35.4 Å². The Morgan fingerprint density at radius 3 is 2.46 bits per heavy atom. The molecule has 2 aromatic rings. The predicted octanol–water partition coefficient (Wildman–Crippen LogP) is 3.12. The summed E-state index contributed by atoms with van der Waals surface area (Å²) in [6.07, 6.45) is 1.83. The van der Waals surface area contributed by atoms with Crippen molar-refractivity contribution in [2.45, 2.75) is 13.1 Å². The van der Waals surface area contributed by atoms with Crippen LogP contribution in [0.15, 0.2) is 52.1 Å². The summed E-state index contributed by atoms with van der Waals surface area (Å²) < 4.78 is 1.09. The zero-order valence-corrected chi connectivity index (χ0v) is 16.2. The van der Waals surface area contributed by atoms with E-state index in [1.807, 2.05) is 38.3 Å². The Labute approximate surface area is 152 Å². The molecule has 0 saturated heterocycles. The summed E-state index contributed by atoms with van der Waals surface area (Å²) in [5.74, 6) is 1.81. The van der Waals surface area contributed by atoms with Crippen molar-refractivity contribution in [2.24, 2.45) is 4.99 Å². The van der Waals surface area contributed by atoms with E-state index in [4.69, 9.17) is 0 Å². The van der Waals surface area contributed by atoms with Crippen LogP contribution in [0.1, 0.15) is 11.1 Å². The third-order valence-corrected chi connectivity index (χ3v) is 4.15. The van der Waals surface area contributed by atoms with Crippen LogP contribution in [0.25, 0.3) is 0 Å². The second-order valence-corrected chi connectivity index (χ2v) is 6.72. The third-order valence-electron chi connectivity index (χ3n) is 3.63. The molecular formula is C18H24BrN5. The molecular weight excluding hydrogens is 366 g/mol. The van der Waals surface area contributed by atoms with Crippen LogP contribution in [0.5, 0.6) is 0 Å². The van der Waals surface area contributed by atoms with E-state index in [2.05, 4.69) is 66.5 Å². The minimum Gasteiger partial charge on any atom is -0.363 e. The van der Waals surface area contributed by atoms with E-state index in [1.165, 1.54) is 11.1 Å². The number of anilines is 1. The van der Waals surface area contributed by atoms with Gasteiger partial charge < -0.3 is 15.1 Å². The highest BCUT2D eigenvalue weighted by Crippen LogP contribution is 2.12. The van der Waals surface area contributed by atoms with Crippen LogP contribution in [-0.2, 0) is 13.1 Å². The van der Waals surface area contributed by atoms with Crippen molar-refractivity contribution < 1.29 is 0 Å². The lowest BCUT2D eigenvalue weighted by atomic mass is 10.2. The number of aromatic nitrogens is 1. The number of nitrogens with one attached hydrogen (secondary N) is 1. The summed E-state index contributed by atoms with van der Waals surface area (Å²) in [6, 6.07) is 12.4. The molecule has 1 N–H and O–H groups in total. The fourth-order valence-electron chi connectivity index (χ4n) is 2.32. The molecule has 0 unspecified atom stereocenters. The molecule has 0 spiro atoms. The highest BCUT2D eigenvalue weighted by Gasteiger charge is 2.07. The number of hydrogen-bond acceptors (Lipinski definition) is 3. The first-order chi connectivity index (χ1) is 11.5. The van der Waals surface area contributed by atoms with Crippen LogP contribution >= 0.6 is 15.9 Å². The number of aliphatic imine (C=N–C) groups is 1. The van der Waals surface area contributed by atoms with Crippen LogP contribution in [0.4, 0.5) is 5.82 Å². The van der Waals surface area contributed by atoms with Crippen molar-refractivity contribution in [3.8, 4) is 0 Å². The molecule has 0 fully saturated rings. The van der Waals surface area contributed by atoms with Gasteiger partial charge in [0, 0.05) is 51.9 Å². The Morgan fingerprint density at radius 2 is 1.83 bits per heavy atom. The third kappa shape index (κ3) is 5.23. The maximum atomic E-state index is 4.37. The lowest BCUT2D eigenvalue weighted by Gasteiger charge is -2.22. The molecule has 128 valence electrons. The van der Waals surface area contributed by atoms with Gasteiger partial charge in [-0.25, -0.2) is 4.98 Å². The fraction of sp³-hybridized carbons (Fsp3) is 0.333. The molecule has 0 aliphatic carbocycles. The summed E-state index contributed by atoms with van der Waals surface area (Å²) in [7, 11) is 7.82. The number of pyridine rings is 1. The standard InChI is InChI=1S/C18H24BrN5/c1-20-18(24(4)13-14-5-7-16(19)8-6-14)22-12-15-9-10-21-17(11-15)23(2)3/h5-11H,12-13H2,1-4H3,(H,20,22). The van der Waals surface area contributed by atoms with Gasteiger partial charge in [0.25, 0.3) is 0 Å². The molecule has 0 aliphatic rings. The number of guanidine groups is 1. The van der Waals surface area contributed by atoms with Crippen LogP contribution in [-0.4, -0.2) is 44.0 Å². The molecule has 0 aliphatic heterocycles. The first-order valence-electron chi connectivity index (χ1n) is 7.78. The van der Waals surface area contributed by atoms with Gasteiger partial charge in [-0.3, -0.25) is 4.99 Å². The van der Waals surface area contributed by atoms with Gasteiger partial charge in [-0.2, -0.15) is 0 Å². The second kappa shape index (κ2) is 8.68. The predicted molar refractivity (Wildman–Crippen MR) is 104 cm³/mol. The van der Waals surface area contributed by atoms with E-state index in [0.717, 1.165) is 22.8 Å². The molecule has 5 nitrogen and oxygen atoms in total. The van der Waals surface area contributed by atoms with Crippen LogP contribution in [0, 0.1) is 0 Å². The average molecular weight is 390 g/mol. The smallest absolute Gasteiger partial charge is 0.193 e. The van der Waals surface area contributed by atoms with Gasteiger partial charge in [0.15, 0.2) is 5.96 Å². The molecule has 1 heterocycles. The molecule has 0 radical (unpaired) electrons. The number of halogens is 1. The Balaban J connectivity index is 1.96. The summed E-state index contributed by atoms with van der Waals surface area (Å²) in [5.41, 5.74) is 2.41. The second-order valence-electron chi connectivity index (χ2n) is 5.80. The molecule has 0 saturated carbocycles. The largest absolute Gasteiger partial charge is 0.363 e. The van der Waals surface area contributed by atoms with Gasteiger partial charge >= 0.3 is 0 Å². The lowest BCUT2D eigenvalue weighted by Crippen LogP contribution is -2.38. The van der Waals surface area contributed by atoms with Crippen LogP contribution < -0.4 is 10.2 Å². The summed E-state index contributed by atoms with van der Waals surface area (Å²) >= 11 is 3.46. The Hall–Kier alpha value is -2.08. The van der Waals surface area contributed by atoms with E-state index in [0.29, 0.717) is 6.54 Å². The minimum atomic E-state index is 0.709. The summed E-state index contributed by atoms with van der Waals surface area (Å²) in [4.78, 5) is 12.8. The normalized spacial score (nSPS) is 11.3. The van der Waals surface area contributed by atoms with E-state index in [1.54, 1.807) is 7.05 Å². The van der Waals surface area contributed by atoms with Crippen molar-refractivity contribution in [2.75, 3.05) is 33.1 Å². The Morgan fingerprint density at radius 1 is 1.12 bits per heavy atom. The first-order valence-corrected chi connectivity index (χ1v) is 8.57. The van der Waals surface area contributed by atoms with E-state index >= 15 is 0 Å². The lowest BCUT2D eigenvalue weighted by molar-refractivity contribution is 0.476. The minimum absolute atomic E-state index is 0.709. The van der Waals surface area contributed by atoms with Crippen molar-refractivity contribution >= 4 is 27.7 Å². The zero-order chi connectivity index (χ0) is 17.5. The number of rotatable bonds is 5. The molecule has 24 heavy (non-hydrogen) atoms. The summed E-state index contributed by atoms with van der Waals surface area (Å²) in [5, 5.41) is 3.40. The molecule has 0 atom stereocenters. The van der Waals surface area contributed by atoms with Gasteiger partial charge in [0.05, 0.1) is 0 Å².